The molecule has 0 aliphatic carbocycles. The Bertz CT molecular complexity index is 1030. The maximum Gasteiger partial charge on any atom is 0.433 e. The zero-order valence-corrected chi connectivity index (χ0v) is 13.1. The van der Waals surface area contributed by atoms with Gasteiger partial charge in [0.1, 0.15) is 17.8 Å². The van der Waals surface area contributed by atoms with E-state index in [9.17, 15) is 13.2 Å². The predicted octanol–water partition coefficient (Wildman–Crippen LogP) is 2.54. The van der Waals surface area contributed by atoms with Crippen LogP contribution in [0.5, 0.6) is 0 Å². The number of fused-ring (bicyclic) bond motifs is 1. The van der Waals surface area contributed by atoms with Gasteiger partial charge in [-0.25, -0.2) is 19.5 Å². The minimum atomic E-state index is -4.46. The maximum absolute atomic E-state index is 12.6. The zero-order chi connectivity index (χ0) is 18.1. The van der Waals surface area contributed by atoms with Crippen molar-refractivity contribution < 1.29 is 13.2 Å². The third kappa shape index (κ3) is 3.06. The number of nitrogens with one attached hydrogen (secondary N) is 2. The number of alkyl halides is 3. The van der Waals surface area contributed by atoms with E-state index in [2.05, 4.69) is 35.3 Å². The van der Waals surface area contributed by atoms with Gasteiger partial charge in [0.2, 0.25) is 0 Å². The molecule has 0 saturated carbocycles. The van der Waals surface area contributed by atoms with Gasteiger partial charge < -0.3 is 10.3 Å². The quantitative estimate of drug-likeness (QED) is 0.581. The summed E-state index contributed by atoms with van der Waals surface area (Å²) in [5, 5.41) is 7.11. The van der Waals surface area contributed by atoms with Gasteiger partial charge in [0.15, 0.2) is 11.5 Å². The number of rotatable bonds is 4. The number of hydrogen-bond acceptors (Lipinski definition) is 6. The summed E-state index contributed by atoms with van der Waals surface area (Å²) in [6, 6.07) is 2.28. The van der Waals surface area contributed by atoms with Crippen LogP contribution >= 0.6 is 0 Å². The molecular weight excluding hydrogens is 349 g/mol. The van der Waals surface area contributed by atoms with Crippen molar-refractivity contribution in [1.82, 2.24) is 34.5 Å². The number of pyridine rings is 1. The van der Waals surface area contributed by atoms with Gasteiger partial charge in [-0.2, -0.15) is 18.3 Å². The van der Waals surface area contributed by atoms with Crippen LogP contribution in [0.1, 0.15) is 11.5 Å². The molecule has 0 aliphatic rings. The van der Waals surface area contributed by atoms with E-state index >= 15 is 0 Å². The highest BCUT2D eigenvalue weighted by molar-refractivity contribution is 5.61. The monoisotopic (exact) mass is 360 g/mol. The molecule has 2 N–H and O–H groups in total. The summed E-state index contributed by atoms with van der Waals surface area (Å²) in [5.41, 5.74) is 0.715. The first-order valence-corrected chi connectivity index (χ1v) is 7.46. The fraction of sp³-hybridized carbons (Fsp3) is 0.133. The molecule has 4 aromatic rings. The molecule has 4 heterocycles. The third-order valence-electron chi connectivity index (χ3n) is 3.61. The van der Waals surface area contributed by atoms with Crippen molar-refractivity contribution in [1.29, 1.82) is 0 Å². The smallest absolute Gasteiger partial charge is 0.360 e. The molecule has 0 spiro atoms. The highest BCUT2D eigenvalue weighted by Crippen LogP contribution is 2.28. The van der Waals surface area contributed by atoms with Gasteiger partial charge in [0.25, 0.3) is 0 Å². The summed E-state index contributed by atoms with van der Waals surface area (Å²) in [5.74, 6) is 1.13. The number of halogens is 3. The first-order valence-electron chi connectivity index (χ1n) is 7.46. The molecule has 0 aliphatic heterocycles. The number of H-pyrrole nitrogens is 1. The molecule has 0 radical (unpaired) electrons. The zero-order valence-electron chi connectivity index (χ0n) is 13.1. The third-order valence-corrected chi connectivity index (χ3v) is 3.61. The van der Waals surface area contributed by atoms with Gasteiger partial charge >= 0.3 is 6.18 Å². The molecule has 0 saturated heterocycles. The van der Waals surface area contributed by atoms with Gasteiger partial charge in [-0.05, 0) is 12.1 Å². The van der Waals surface area contributed by atoms with Crippen LogP contribution in [0.2, 0.25) is 0 Å². The summed E-state index contributed by atoms with van der Waals surface area (Å²) in [6.07, 6.45) is 2.94. The Morgan fingerprint density at radius 2 is 1.96 bits per heavy atom. The van der Waals surface area contributed by atoms with Crippen molar-refractivity contribution >= 4 is 11.5 Å². The normalized spacial score (nSPS) is 11.8. The predicted molar refractivity (Wildman–Crippen MR) is 84.9 cm³/mol. The lowest BCUT2D eigenvalue weighted by atomic mass is 10.2. The molecule has 4 aromatic heterocycles. The van der Waals surface area contributed by atoms with E-state index < -0.39 is 11.9 Å². The molecule has 0 amide bonds. The largest absolute Gasteiger partial charge is 0.433 e. The van der Waals surface area contributed by atoms with Gasteiger partial charge in [0, 0.05) is 24.2 Å². The van der Waals surface area contributed by atoms with Crippen LogP contribution in [0, 0.1) is 0 Å². The molecule has 132 valence electrons. The number of aromatic nitrogens is 7. The average molecular weight is 360 g/mol. The van der Waals surface area contributed by atoms with Gasteiger partial charge in [-0.15, -0.1) is 0 Å². The van der Waals surface area contributed by atoms with E-state index in [1.54, 1.807) is 16.9 Å². The molecule has 26 heavy (non-hydrogen) atoms. The number of aromatic amines is 1. The fourth-order valence-electron chi connectivity index (χ4n) is 2.37. The van der Waals surface area contributed by atoms with E-state index in [0.29, 0.717) is 35.1 Å². The van der Waals surface area contributed by atoms with Crippen molar-refractivity contribution in [2.75, 3.05) is 5.32 Å². The molecule has 0 fully saturated rings. The Morgan fingerprint density at radius 3 is 2.73 bits per heavy atom. The van der Waals surface area contributed by atoms with E-state index in [0.717, 1.165) is 12.3 Å². The summed E-state index contributed by atoms with van der Waals surface area (Å²) in [4.78, 5) is 19.0. The van der Waals surface area contributed by atoms with E-state index in [1.807, 2.05) is 0 Å². The maximum atomic E-state index is 12.6. The van der Waals surface area contributed by atoms with Crippen LogP contribution in [-0.4, -0.2) is 34.5 Å². The molecule has 0 unspecified atom stereocenters. The van der Waals surface area contributed by atoms with Gasteiger partial charge in [0.05, 0.1) is 18.4 Å². The molecule has 4 rings (SSSR count). The molecule has 0 bridgehead atoms. The summed E-state index contributed by atoms with van der Waals surface area (Å²) in [7, 11) is 0. The second-order valence-electron chi connectivity index (χ2n) is 5.33. The standard InChI is InChI=1S/C15H11F3N8/c16-15(17,18)11-2-1-9(5-20-11)10-6-21-12(25-10)7-22-13-14-19-3-4-26(14)24-8-23-13/h1-6,8H,7H2,(H,21,25)(H,22,23,24). The van der Waals surface area contributed by atoms with Crippen LogP contribution < -0.4 is 5.32 Å². The highest BCUT2D eigenvalue weighted by Gasteiger charge is 2.32. The van der Waals surface area contributed by atoms with E-state index in [-0.39, 0.29) is 0 Å². The van der Waals surface area contributed by atoms with Crippen molar-refractivity contribution in [3.05, 3.63) is 54.8 Å². The summed E-state index contributed by atoms with van der Waals surface area (Å²) in [6.45, 7) is 0.327. The summed E-state index contributed by atoms with van der Waals surface area (Å²) < 4.78 is 39.3. The Morgan fingerprint density at radius 1 is 1.08 bits per heavy atom. The van der Waals surface area contributed by atoms with Crippen LogP contribution in [0.3, 0.4) is 0 Å². The Kier molecular flexibility index (Phi) is 3.75. The van der Waals surface area contributed by atoms with Crippen LogP contribution in [-0.2, 0) is 12.7 Å². The molecule has 8 nitrogen and oxygen atoms in total. The Labute approximate surface area is 144 Å². The minimum absolute atomic E-state index is 0.327. The Hall–Kier alpha value is -3.50. The lowest BCUT2D eigenvalue weighted by Gasteiger charge is -2.06. The first-order chi connectivity index (χ1) is 12.5. The second-order valence-corrected chi connectivity index (χ2v) is 5.33. The number of anilines is 1. The molecular formula is C15H11F3N8. The lowest BCUT2D eigenvalue weighted by Crippen LogP contribution is -2.07. The van der Waals surface area contributed by atoms with Crippen molar-refractivity contribution in [2.24, 2.45) is 0 Å². The molecule has 0 atom stereocenters. The molecule has 11 heteroatoms. The number of hydrogen-bond donors (Lipinski definition) is 2. The van der Waals surface area contributed by atoms with E-state index in [1.165, 1.54) is 18.6 Å². The number of nitrogens with zero attached hydrogens (tertiary/aromatic N) is 6. The highest BCUT2D eigenvalue weighted by atomic mass is 19.4. The van der Waals surface area contributed by atoms with Gasteiger partial charge in [-0.3, -0.25) is 4.98 Å². The SMILES string of the molecule is FC(F)(F)c1ccc(-c2cnc(CNc3ncnn4ccnc34)[nH]2)cn1. The van der Waals surface area contributed by atoms with E-state index in [4.69, 9.17) is 0 Å². The number of imidazole rings is 2. The fourth-order valence-corrected chi connectivity index (χ4v) is 2.37. The van der Waals surface area contributed by atoms with Gasteiger partial charge in [-0.1, -0.05) is 0 Å². The second kappa shape index (κ2) is 6.10. The first kappa shape index (κ1) is 16.0. The van der Waals surface area contributed by atoms with Crippen molar-refractivity contribution in [3.63, 3.8) is 0 Å². The lowest BCUT2D eigenvalue weighted by molar-refractivity contribution is -0.141. The average Bonchev–Trinajstić information content (AvgIpc) is 3.29. The minimum Gasteiger partial charge on any atom is -0.360 e. The summed E-state index contributed by atoms with van der Waals surface area (Å²) >= 11 is 0. The van der Waals surface area contributed by atoms with Crippen molar-refractivity contribution in [3.8, 4) is 11.3 Å². The van der Waals surface area contributed by atoms with Crippen LogP contribution in [0.4, 0.5) is 19.0 Å². The topological polar surface area (TPSA) is 96.7 Å². The van der Waals surface area contributed by atoms with Crippen LogP contribution in [0.15, 0.2) is 43.2 Å². The Balaban J connectivity index is 1.49. The van der Waals surface area contributed by atoms with Crippen molar-refractivity contribution in [2.45, 2.75) is 12.7 Å². The van der Waals surface area contributed by atoms with Crippen LogP contribution in [0.25, 0.3) is 16.9 Å². The molecule has 0 aromatic carbocycles.